The van der Waals surface area contributed by atoms with Gasteiger partial charge in [-0.1, -0.05) is 70.4 Å². The molecule has 6 atom stereocenters. The fourth-order valence-corrected chi connectivity index (χ4v) is 7.62. The average molecular weight is 745 g/mol. The molecular weight excluding hydrogens is 692 g/mol. The van der Waals surface area contributed by atoms with Crippen LogP contribution in [-0.2, 0) is 28.7 Å². The van der Waals surface area contributed by atoms with Gasteiger partial charge in [0.05, 0.1) is 37.3 Å². The van der Waals surface area contributed by atoms with E-state index in [0.29, 0.717) is 28.1 Å². The second-order valence-electron chi connectivity index (χ2n) is 14.6. The van der Waals surface area contributed by atoms with Crippen LogP contribution in [0.1, 0.15) is 72.1 Å². The van der Waals surface area contributed by atoms with Crippen molar-refractivity contribution in [3.8, 4) is 22.8 Å². The van der Waals surface area contributed by atoms with Gasteiger partial charge in [0.15, 0.2) is 0 Å². The molecule has 1 aromatic heterocycles. The number of carboxylic acid groups (broad SMARTS) is 1. The smallest absolute Gasteiger partial charge is 0.328 e. The Morgan fingerprint density at radius 1 is 0.870 bits per heavy atom. The van der Waals surface area contributed by atoms with Crippen molar-refractivity contribution >= 4 is 40.6 Å². The van der Waals surface area contributed by atoms with E-state index in [9.17, 15) is 29.1 Å². The summed E-state index contributed by atoms with van der Waals surface area (Å²) >= 11 is 0. The molecule has 13 heteroatoms. The van der Waals surface area contributed by atoms with Crippen molar-refractivity contribution in [2.45, 2.75) is 96.4 Å². The summed E-state index contributed by atoms with van der Waals surface area (Å²) in [5.74, 6) is -4.59. The molecule has 2 saturated carbocycles. The highest BCUT2D eigenvalue weighted by Gasteiger charge is 2.46. The van der Waals surface area contributed by atoms with E-state index in [0.717, 1.165) is 37.7 Å². The highest BCUT2D eigenvalue weighted by Crippen LogP contribution is 2.39. The van der Waals surface area contributed by atoms with Crippen LogP contribution in [0, 0.1) is 23.7 Å². The van der Waals surface area contributed by atoms with Gasteiger partial charge in [-0.15, -0.1) is 0 Å². The van der Waals surface area contributed by atoms with Crippen molar-refractivity contribution in [1.29, 1.82) is 0 Å². The summed E-state index contributed by atoms with van der Waals surface area (Å²) in [6.07, 6.45) is 4.28. The number of hydrogen-bond donors (Lipinski definition) is 4. The number of pyridine rings is 1. The van der Waals surface area contributed by atoms with Crippen molar-refractivity contribution in [2.75, 3.05) is 14.2 Å². The van der Waals surface area contributed by atoms with Crippen LogP contribution in [0.4, 0.5) is 0 Å². The molecule has 4 N–H and O–H groups in total. The normalized spacial score (nSPS) is 20.4. The van der Waals surface area contributed by atoms with Gasteiger partial charge >= 0.3 is 11.9 Å². The third-order valence-corrected chi connectivity index (χ3v) is 10.7. The standard InChI is InChI=1S/C41H52N4O9/c1-6-31(40(49)50)43-37(46)29-19-27(54-34-22-32(24-13-9-7-10-14-24)42-33-21-26(52-4)17-18-28(33)34)20-30(29)38(47)44-35(23(2)3)39(48)45-36(41(51)53-5)25-15-11-8-12-16-25/h7,9-10,13-14,17-18,21-23,25,27,29-31,35-36H,6,8,11-12,15-16,19-20H2,1-5H3,(H,43,46)(H,44,47)(H,45,48)(H,49,50)/t27-,29-,30-,31+,35-,36-/m1/s1. The quantitative estimate of drug-likeness (QED) is 0.154. The molecular formula is C41H52N4O9. The fraction of sp³-hybridized carbons (Fsp3) is 0.512. The van der Waals surface area contributed by atoms with Crippen LogP contribution >= 0.6 is 0 Å². The molecule has 54 heavy (non-hydrogen) atoms. The lowest BCUT2D eigenvalue weighted by Gasteiger charge is -2.31. The Morgan fingerprint density at radius 2 is 1.54 bits per heavy atom. The second kappa shape index (κ2) is 18.2. The fourth-order valence-electron chi connectivity index (χ4n) is 7.62. The topological polar surface area (TPSA) is 182 Å². The molecule has 0 aliphatic heterocycles. The number of rotatable bonds is 15. The molecule has 3 aromatic rings. The number of carbonyl (C=O) groups excluding carboxylic acids is 4. The Morgan fingerprint density at radius 3 is 2.13 bits per heavy atom. The van der Waals surface area contributed by atoms with E-state index in [1.54, 1.807) is 33.9 Å². The number of aliphatic carboxylic acids is 1. The van der Waals surface area contributed by atoms with E-state index in [-0.39, 0.29) is 31.1 Å². The largest absolute Gasteiger partial charge is 0.497 e. The summed E-state index contributed by atoms with van der Waals surface area (Å²) in [4.78, 5) is 71.3. The van der Waals surface area contributed by atoms with Crippen LogP contribution in [-0.4, -0.2) is 78.2 Å². The highest BCUT2D eigenvalue weighted by atomic mass is 16.5. The number of benzene rings is 2. The Kier molecular flexibility index (Phi) is 13.5. The predicted molar refractivity (Wildman–Crippen MR) is 202 cm³/mol. The molecule has 0 bridgehead atoms. The van der Waals surface area contributed by atoms with Crippen molar-refractivity contribution in [2.24, 2.45) is 23.7 Å². The average Bonchev–Trinajstić information content (AvgIpc) is 3.61. The number of nitrogens with zero attached hydrogens (tertiary/aromatic N) is 1. The maximum absolute atomic E-state index is 14.2. The summed E-state index contributed by atoms with van der Waals surface area (Å²) in [5.41, 5.74) is 2.15. The Bertz CT molecular complexity index is 1810. The minimum atomic E-state index is -1.18. The zero-order valence-corrected chi connectivity index (χ0v) is 31.6. The monoisotopic (exact) mass is 744 g/mol. The van der Waals surface area contributed by atoms with Crippen LogP contribution in [0.5, 0.6) is 11.5 Å². The first-order chi connectivity index (χ1) is 25.9. The number of hydrogen-bond acceptors (Lipinski definition) is 9. The van der Waals surface area contributed by atoms with Gasteiger partial charge in [0.1, 0.15) is 35.7 Å². The minimum Gasteiger partial charge on any atom is -0.497 e. The summed E-state index contributed by atoms with van der Waals surface area (Å²) in [5, 5.41) is 18.7. The lowest BCUT2D eigenvalue weighted by Crippen LogP contribution is -2.57. The molecule has 3 amide bonds. The Hall–Kier alpha value is -5.20. The minimum absolute atomic E-state index is 0.0759. The molecule has 0 unspecified atom stereocenters. The van der Waals surface area contributed by atoms with E-state index < -0.39 is 65.7 Å². The van der Waals surface area contributed by atoms with Crippen LogP contribution in [0.3, 0.4) is 0 Å². The van der Waals surface area contributed by atoms with E-state index in [1.807, 2.05) is 48.5 Å². The first-order valence-corrected chi connectivity index (χ1v) is 18.9. The van der Waals surface area contributed by atoms with E-state index in [1.165, 1.54) is 7.11 Å². The SMILES string of the molecule is CC[C@H](NC(=O)[C@@H]1C[C@@H](Oc2cc(-c3ccccc3)nc3cc(OC)ccc23)C[C@H]1C(=O)N[C@@H](C(=O)N[C@@H](C(=O)OC)C1CCCCC1)C(C)C)C(=O)O. The van der Waals surface area contributed by atoms with Crippen molar-refractivity contribution < 1.29 is 43.3 Å². The zero-order chi connectivity index (χ0) is 38.9. The van der Waals surface area contributed by atoms with Gasteiger partial charge < -0.3 is 35.3 Å². The number of aromatic nitrogens is 1. The highest BCUT2D eigenvalue weighted by molar-refractivity contribution is 5.94. The number of carbonyl (C=O) groups is 5. The number of fused-ring (bicyclic) bond motifs is 1. The molecule has 2 aliphatic rings. The number of ether oxygens (including phenoxy) is 3. The second-order valence-corrected chi connectivity index (χ2v) is 14.6. The molecule has 13 nitrogen and oxygen atoms in total. The van der Waals surface area contributed by atoms with Crippen LogP contribution in [0.2, 0.25) is 0 Å². The predicted octanol–water partition coefficient (Wildman–Crippen LogP) is 5.04. The molecule has 2 aromatic carbocycles. The summed E-state index contributed by atoms with van der Waals surface area (Å²) < 4.78 is 17.1. The first-order valence-electron chi connectivity index (χ1n) is 18.9. The van der Waals surface area contributed by atoms with E-state index in [4.69, 9.17) is 19.2 Å². The summed E-state index contributed by atoms with van der Waals surface area (Å²) in [6.45, 7) is 5.23. The Balaban J connectivity index is 1.42. The third-order valence-electron chi connectivity index (χ3n) is 10.7. The maximum Gasteiger partial charge on any atom is 0.328 e. The Labute approximate surface area is 315 Å². The number of methoxy groups -OCH3 is 2. The van der Waals surface area contributed by atoms with Gasteiger partial charge in [-0.2, -0.15) is 0 Å². The third kappa shape index (κ3) is 9.47. The van der Waals surface area contributed by atoms with E-state index >= 15 is 0 Å². The number of esters is 1. The maximum atomic E-state index is 14.2. The van der Waals surface area contributed by atoms with Gasteiger partial charge in [-0.3, -0.25) is 14.4 Å². The number of nitrogens with one attached hydrogen (secondary N) is 3. The molecule has 0 radical (unpaired) electrons. The lowest BCUT2D eigenvalue weighted by molar-refractivity contribution is -0.147. The lowest BCUT2D eigenvalue weighted by atomic mass is 9.83. The number of amides is 3. The van der Waals surface area contributed by atoms with Crippen molar-refractivity contribution in [1.82, 2.24) is 20.9 Å². The molecule has 0 spiro atoms. The van der Waals surface area contributed by atoms with Crippen LogP contribution < -0.4 is 25.4 Å². The van der Waals surface area contributed by atoms with Crippen molar-refractivity contribution in [3.63, 3.8) is 0 Å². The molecule has 1 heterocycles. The molecule has 2 aliphatic carbocycles. The van der Waals surface area contributed by atoms with Gasteiger partial charge in [0, 0.05) is 23.1 Å². The zero-order valence-electron chi connectivity index (χ0n) is 31.6. The van der Waals surface area contributed by atoms with Crippen molar-refractivity contribution in [3.05, 3.63) is 54.6 Å². The van der Waals surface area contributed by atoms with Gasteiger partial charge in [0.2, 0.25) is 17.7 Å². The molecule has 0 saturated heterocycles. The molecule has 5 rings (SSSR count). The first kappa shape index (κ1) is 40.0. The number of carboxylic acids is 1. The van der Waals surface area contributed by atoms with Crippen LogP contribution in [0.15, 0.2) is 54.6 Å². The molecule has 2 fully saturated rings. The summed E-state index contributed by atoms with van der Waals surface area (Å²) in [7, 11) is 2.86. The van der Waals surface area contributed by atoms with Gasteiger partial charge in [0.25, 0.3) is 0 Å². The van der Waals surface area contributed by atoms with E-state index in [2.05, 4.69) is 16.0 Å². The van der Waals surface area contributed by atoms with Crippen LogP contribution in [0.25, 0.3) is 22.2 Å². The van der Waals surface area contributed by atoms with Gasteiger partial charge in [-0.25, -0.2) is 14.6 Å². The summed E-state index contributed by atoms with van der Waals surface area (Å²) in [6, 6.07) is 13.9. The van der Waals surface area contributed by atoms with Gasteiger partial charge in [-0.05, 0) is 56.1 Å². The molecule has 290 valence electrons.